The van der Waals surface area contributed by atoms with Crippen molar-refractivity contribution in [2.24, 2.45) is 0 Å². The zero-order valence-corrected chi connectivity index (χ0v) is 11.8. The van der Waals surface area contributed by atoms with Gasteiger partial charge in [-0.1, -0.05) is 43.4 Å². The van der Waals surface area contributed by atoms with Gasteiger partial charge in [-0.25, -0.2) is 0 Å². The number of allylic oxidation sites excluding steroid dienone is 3. The third-order valence-corrected chi connectivity index (χ3v) is 3.56. The van der Waals surface area contributed by atoms with Crippen LogP contribution in [0.3, 0.4) is 0 Å². The van der Waals surface area contributed by atoms with Crippen LogP contribution in [0.5, 0.6) is 0 Å². The summed E-state index contributed by atoms with van der Waals surface area (Å²) >= 11 is 1.45. The first kappa shape index (κ1) is 14.6. The van der Waals surface area contributed by atoms with Crippen LogP contribution in [-0.2, 0) is 4.79 Å². The SMILES string of the molecule is C/C=C/C=C/C(=O)Nc1nnc(C(CC)CC)s1. The van der Waals surface area contributed by atoms with Gasteiger partial charge in [0.1, 0.15) is 5.01 Å². The molecule has 0 saturated carbocycles. The molecule has 0 unspecified atom stereocenters. The summed E-state index contributed by atoms with van der Waals surface area (Å²) < 4.78 is 0. The molecule has 1 N–H and O–H groups in total. The fourth-order valence-electron chi connectivity index (χ4n) is 1.49. The second-order valence-electron chi connectivity index (χ2n) is 3.83. The maximum atomic E-state index is 11.5. The molecule has 98 valence electrons. The zero-order valence-electron chi connectivity index (χ0n) is 11.0. The lowest BCUT2D eigenvalue weighted by Crippen LogP contribution is -2.07. The topological polar surface area (TPSA) is 54.9 Å². The second kappa shape index (κ2) is 7.76. The second-order valence-corrected chi connectivity index (χ2v) is 4.84. The molecule has 5 heteroatoms. The quantitative estimate of drug-likeness (QED) is 0.632. The Morgan fingerprint density at radius 1 is 1.33 bits per heavy atom. The van der Waals surface area contributed by atoms with Crippen molar-refractivity contribution in [3.05, 3.63) is 29.3 Å². The molecule has 0 aliphatic heterocycles. The predicted molar refractivity (Wildman–Crippen MR) is 75.8 cm³/mol. The van der Waals surface area contributed by atoms with E-state index in [0.717, 1.165) is 17.8 Å². The van der Waals surface area contributed by atoms with Crippen LogP contribution in [-0.4, -0.2) is 16.1 Å². The first-order chi connectivity index (χ1) is 8.71. The highest BCUT2D eigenvalue weighted by molar-refractivity contribution is 7.15. The lowest BCUT2D eigenvalue weighted by molar-refractivity contribution is -0.111. The summed E-state index contributed by atoms with van der Waals surface area (Å²) in [4.78, 5) is 11.5. The summed E-state index contributed by atoms with van der Waals surface area (Å²) in [7, 11) is 0. The Hall–Kier alpha value is -1.49. The van der Waals surface area contributed by atoms with E-state index in [0.29, 0.717) is 11.0 Å². The monoisotopic (exact) mass is 265 g/mol. The van der Waals surface area contributed by atoms with E-state index in [2.05, 4.69) is 29.4 Å². The summed E-state index contributed by atoms with van der Waals surface area (Å²) in [6.45, 7) is 6.16. The Morgan fingerprint density at radius 3 is 2.67 bits per heavy atom. The number of nitrogens with zero attached hydrogens (tertiary/aromatic N) is 2. The number of anilines is 1. The fourth-order valence-corrected chi connectivity index (χ4v) is 2.50. The molecule has 18 heavy (non-hydrogen) atoms. The van der Waals surface area contributed by atoms with Crippen molar-refractivity contribution in [2.75, 3.05) is 5.32 Å². The van der Waals surface area contributed by atoms with Gasteiger partial charge in [0.25, 0.3) is 0 Å². The number of hydrogen-bond donors (Lipinski definition) is 1. The Morgan fingerprint density at radius 2 is 2.06 bits per heavy atom. The minimum atomic E-state index is -0.180. The third-order valence-electron chi connectivity index (χ3n) is 2.56. The summed E-state index contributed by atoms with van der Waals surface area (Å²) in [6.07, 6.45) is 8.91. The maximum absolute atomic E-state index is 11.5. The molecule has 1 aromatic heterocycles. The highest BCUT2D eigenvalue weighted by atomic mass is 32.1. The smallest absolute Gasteiger partial charge is 0.250 e. The van der Waals surface area contributed by atoms with Crippen molar-refractivity contribution in [1.82, 2.24) is 10.2 Å². The van der Waals surface area contributed by atoms with Gasteiger partial charge in [-0.05, 0) is 19.8 Å². The maximum Gasteiger partial charge on any atom is 0.250 e. The van der Waals surface area contributed by atoms with Crippen LogP contribution in [0, 0.1) is 0 Å². The van der Waals surface area contributed by atoms with Crippen molar-refractivity contribution in [1.29, 1.82) is 0 Å². The van der Waals surface area contributed by atoms with Crippen LogP contribution in [0.4, 0.5) is 5.13 Å². The summed E-state index contributed by atoms with van der Waals surface area (Å²) in [5, 5.41) is 12.4. The third kappa shape index (κ3) is 4.41. The Balaban J connectivity index is 2.61. The van der Waals surface area contributed by atoms with Gasteiger partial charge >= 0.3 is 0 Å². The van der Waals surface area contributed by atoms with Crippen LogP contribution in [0.2, 0.25) is 0 Å². The van der Waals surface area contributed by atoms with Crippen LogP contribution < -0.4 is 5.32 Å². The number of rotatable bonds is 6. The molecule has 1 amide bonds. The van der Waals surface area contributed by atoms with Crippen molar-refractivity contribution in [3.8, 4) is 0 Å². The Bertz CT molecular complexity index is 433. The summed E-state index contributed by atoms with van der Waals surface area (Å²) in [5.74, 6) is 0.257. The molecule has 0 radical (unpaired) electrons. The van der Waals surface area contributed by atoms with Crippen molar-refractivity contribution in [2.45, 2.75) is 39.5 Å². The number of aromatic nitrogens is 2. The molecular weight excluding hydrogens is 246 g/mol. The molecule has 4 nitrogen and oxygen atoms in total. The van der Waals surface area contributed by atoms with Gasteiger partial charge in [0, 0.05) is 12.0 Å². The molecule has 0 atom stereocenters. The fraction of sp³-hybridized carbons (Fsp3) is 0.462. The Kier molecular flexibility index (Phi) is 6.28. The van der Waals surface area contributed by atoms with E-state index in [1.165, 1.54) is 17.4 Å². The van der Waals surface area contributed by atoms with E-state index >= 15 is 0 Å². The van der Waals surface area contributed by atoms with E-state index < -0.39 is 0 Å². The minimum Gasteiger partial charge on any atom is -0.297 e. The first-order valence-corrected chi connectivity index (χ1v) is 6.96. The average Bonchev–Trinajstić information content (AvgIpc) is 2.79. The van der Waals surface area contributed by atoms with Crippen LogP contribution in [0.15, 0.2) is 24.3 Å². The van der Waals surface area contributed by atoms with Crippen molar-refractivity contribution in [3.63, 3.8) is 0 Å². The van der Waals surface area contributed by atoms with Gasteiger partial charge in [0.05, 0.1) is 0 Å². The van der Waals surface area contributed by atoms with Crippen molar-refractivity contribution < 1.29 is 4.79 Å². The lowest BCUT2D eigenvalue weighted by Gasteiger charge is -2.05. The van der Waals surface area contributed by atoms with E-state index in [-0.39, 0.29) is 5.91 Å². The van der Waals surface area contributed by atoms with Gasteiger partial charge in [-0.3, -0.25) is 10.1 Å². The number of nitrogens with one attached hydrogen (secondary N) is 1. The number of amides is 1. The van der Waals surface area contributed by atoms with Gasteiger partial charge in [0.15, 0.2) is 0 Å². The Labute approximate surface area is 112 Å². The average molecular weight is 265 g/mol. The molecule has 0 aliphatic carbocycles. The van der Waals surface area contributed by atoms with Gasteiger partial charge < -0.3 is 0 Å². The number of carbonyl (C=O) groups is 1. The number of hydrogen-bond acceptors (Lipinski definition) is 4. The molecule has 0 fully saturated rings. The summed E-state index contributed by atoms with van der Waals surface area (Å²) in [5.41, 5.74) is 0. The van der Waals surface area contributed by atoms with E-state index in [1.54, 1.807) is 12.2 Å². The van der Waals surface area contributed by atoms with Crippen LogP contribution >= 0.6 is 11.3 Å². The van der Waals surface area contributed by atoms with Crippen LogP contribution in [0.25, 0.3) is 0 Å². The zero-order chi connectivity index (χ0) is 13.4. The molecule has 1 rings (SSSR count). The van der Waals surface area contributed by atoms with Gasteiger partial charge in [-0.2, -0.15) is 0 Å². The largest absolute Gasteiger partial charge is 0.297 e. The molecule has 1 aromatic rings. The highest BCUT2D eigenvalue weighted by Crippen LogP contribution is 2.27. The van der Waals surface area contributed by atoms with E-state index in [9.17, 15) is 4.79 Å². The standard InChI is InChI=1S/C13H19N3OS/c1-4-7-8-9-11(17)14-13-16-15-12(18-13)10(5-2)6-3/h4,7-10H,5-6H2,1-3H3,(H,14,16,17)/b7-4+,9-8+. The molecule has 0 aromatic carbocycles. The molecule has 0 saturated heterocycles. The lowest BCUT2D eigenvalue weighted by atomic mass is 10.1. The highest BCUT2D eigenvalue weighted by Gasteiger charge is 2.13. The van der Waals surface area contributed by atoms with Gasteiger partial charge in [0.2, 0.25) is 11.0 Å². The first-order valence-electron chi connectivity index (χ1n) is 6.14. The van der Waals surface area contributed by atoms with Crippen molar-refractivity contribution >= 4 is 22.4 Å². The number of carbonyl (C=O) groups excluding carboxylic acids is 1. The predicted octanol–water partition coefficient (Wildman–Crippen LogP) is 3.51. The molecule has 0 aliphatic rings. The molecular formula is C13H19N3OS. The van der Waals surface area contributed by atoms with E-state index in [4.69, 9.17) is 0 Å². The summed E-state index contributed by atoms with van der Waals surface area (Å²) in [6, 6.07) is 0. The molecule has 0 bridgehead atoms. The van der Waals surface area contributed by atoms with Gasteiger partial charge in [-0.15, -0.1) is 10.2 Å². The van der Waals surface area contributed by atoms with Crippen LogP contribution in [0.1, 0.15) is 44.5 Å². The minimum absolute atomic E-state index is 0.180. The normalized spacial score (nSPS) is 11.8. The molecule has 1 heterocycles. The molecule has 0 spiro atoms. The van der Waals surface area contributed by atoms with E-state index in [1.807, 2.05) is 13.0 Å².